The highest BCUT2D eigenvalue weighted by Crippen LogP contribution is 2.39. The van der Waals surface area contributed by atoms with E-state index in [2.05, 4.69) is 15.4 Å². The first kappa shape index (κ1) is 34.6. The van der Waals surface area contributed by atoms with Crippen molar-refractivity contribution in [2.45, 2.75) is 91.6 Å². The van der Waals surface area contributed by atoms with Crippen LogP contribution in [0.4, 0.5) is 8.78 Å². The van der Waals surface area contributed by atoms with Crippen LogP contribution in [0.2, 0.25) is 0 Å². The number of nitrogens with zero attached hydrogens (tertiary/aromatic N) is 4. The van der Waals surface area contributed by atoms with Crippen molar-refractivity contribution in [3.8, 4) is 0 Å². The van der Waals surface area contributed by atoms with Gasteiger partial charge in [-0.1, -0.05) is 12.1 Å². The van der Waals surface area contributed by atoms with Crippen LogP contribution in [0.1, 0.15) is 103 Å². The summed E-state index contributed by atoms with van der Waals surface area (Å²) in [4.78, 5) is 45.9. The molecule has 1 N–H and O–H groups in total. The SMILES string of the molecule is Cc1c(C(=O)OC(C)(C)C)ccc2c1CCC2N(CC(=O)OC(C)(C)C)Cc1cc(C(=O)NCc2ccc(F)c(F)c2)nc2ccnn12. The van der Waals surface area contributed by atoms with E-state index in [0.29, 0.717) is 35.3 Å². The zero-order chi connectivity index (χ0) is 35.0. The van der Waals surface area contributed by atoms with Gasteiger partial charge < -0.3 is 14.8 Å². The lowest BCUT2D eigenvalue weighted by atomic mass is 9.97. The van der Waals surface area contributed by atoms with Crippen LogP contribution < -0.4 is 5.32 Å². The summed E-state index contributed by atoms with van der Waals surface area (Å²) in [5, 5.41) is 7.13. The van der Waals surface area contributed by atoms with E-state index < -0.39 is 34.7 Å². The normalized spacial score (nSPS) is 14.7. The van der Waals surface area contributed by atoms with Crippen LogP contribution in [-0.4, -0.2) is 55.1 Å². The molecule has 2 aromatic heterocycles. The first-order chi connectivity index (χ1) is 22.5. The highest BCUT2D eigenvalue weighted by atomic mass is 19.2. The average Bonchev–Trinajstić information content (AvgIpc) is 3.63. The fourth-order valence-electron chi connectivity index (χ4n) is 5.94. The topological polar surface area (TPSA) is 115 Å². The third-order valence-corrected chi connectivity index (χ3v) is 7.94. The Kier molecular flexibility index (Phi) is 9.68. The second-order valence-corrected chi connectivity index (χ2v) is 14.0. The molecule has 1 aliphatic rings. The van der Waals surface area contributed by atoms with Crippen molar-refractivity contribution in [1.82, 2.24) is 24.8 Å². The Morgan fingerprint density at radius 3 is 2.40 bits per heavy atom. The quantitative estimate of drug-likeness (QED) is 0.216. The first-order valence-electron chi connectivity index (χ1n) is 15.9. The van der Waals surface area contributed by atoms with E-state index in [1.54, 1.807) is 28.9 Å². The highest BCUT2D eigenvalue weighted by Gasteiger charge is 2.34. The Morgan fingerprint density at radius 2 is 1.71 bits per heavy atom. The Balaban J connectivity index is 1.46. The number of hydrogen-bond acceptors (Lipinski definition) is 8. The molecule has 1 atom stereocenters. The van der Waals surface area contributed by atoms with Crippen molar-refractivity contribution in [2.24, 2.45) is 0 Å². The number of carbonyl (C=O) groups is 3. The number of carbonyl (C=O) groups excluding carboxylic acids is 3. The molecular formula is C36H41F2N5O5. The highest BCUT2D eigenvalue weighted by molar-refractivity contribution is 5.93. The molecule has 0 spiro atoms. The van der Waals surface area contributed by atoms with E-state index in [1.807, 2.05) is 59.4 Å². The van der Waals surface area contributed by atoms with Gasteiger partial charge in [0.25, 0.3) is 5.91 Å². The molecule has 1 amide bonds. The second-order valence-electron chi connectivity index (χ2n) is 14.0. The largest absolute Gasteiger partial charge is 0.459 e. The van der Waals surface area contributed by atoms with Gasteiger partial charge in [-0.3, -0.25) is 14.5 Å². The molecule has 0 saturated carbocycles. The molecule has 12 heteroatoms. The lowest BCUT2D eigenvalue weighted by Crippen LogP contribution is -2.37. The maximum atomic E-state index is 13.7. The summed E-state index contributed by atoms with van der Waals surface area (Å²) in [6.07, 6.45) is 2.95. The minimum absolute atomic E-state index is 0.0360. The van der Waals surface area contributed by atoms with Gasteiger partial charge in [-0.05, 0) is 108 Å². The molecular weight excluding hydrogens is 620 g/mol. The molecule has 48 heavy (non-hydrogen) atoms. The number of fused-ring (bicyclic) bond motifs is 2. The number of amides is 1. The van der Waals surface area contributed by atoms with Crippen molar-refractivity contribution in [1.29, 1.82) is 0 Å². The fraction of sp³-hybridized carbons (Fsp3) is 0.417. The lowest BCUT2D eigenvalue weighted by molar-refractivity contribution is -0.157. The molecule has 0 aliphatic heterocycles. The first-order valence-corrected chi connectivity index (χ1v) is 15.9. The number of aromatic nitrogens is 3. The number of halogens is 2. The van der Waals surface area contributed by atoms with E-state index >= 15 is 0 Å². The van der Waals surface area contributed by atoms with Crippen molar-refractivity contribution >= 4 is 23.5 Å². The molecule has 0 radical (unpaired) electrons. The summed E-state index contributed by atoms with van der Waals surface area (Å²) in [6, 6.07) is 10.2. The molecule has 1 unspecified atom stereocenters. The standard InChI is InChI=1S/C36H41F2N5O5/c1-21-24-11-13-30(26(24)10-9-25(21)34(46)48-36(5,6)7)42(20-32(44)47-35(2,3)4)19-23-17-29(41-31-14-15-40-43(23)31)33(45)39-18-22-8-12-27(37)28(38)16-22/h8-10,12,14-17,30H,11,13,18-20H2,1-7H3,(H,39,45). The Morgan fingerprint density at radius 1 is 0.979 bits per heavy atom. The van der Waals surface area contributed by atoms with E-state index in [9.17, 15) is 23.2 Å². The summed E-state index contributed by atoms with van der Waals surface area (Å²) in [5.41, 5.74) is 3.58. The number of rotatable bonds is 9. The van der Waals surface area contributed by atoms with Crippen LogP contribution in [0.5, 0.6) is 0 Å². The predicted molar refractivity (Wildman–Crippen MR) is 174 cm³/mol. The van der Waals surface area contributed by atoms with Crippen LogP contribution in [0, 0.1) is 18.6 Å². The number of nitrogens with one attached hydrogen (secondary N) is 1. The Labute approximate surface area is 278 Å². The summed E-state index contributed by atoms with van der Waals surface area (Å²) in [7, 11) is 0. The fourth-order valence-corrected chi connectivity index (χ4v) is 5.94. The molecule has 10 nitrogen and oxygen atoms in total. The van der Waals surface area contributed by atoms with Crippen molar-refractivity contribution in [2.75, 3.05) is 6.54 Å². The molecule has 2 heterocycles. The molecule has 5 rings (SSSR count). The molecule has 2 aromatic carbocycles. The van der Waals surface area contributed by atoms with Crippen molar-refractivity contribution < 1.29 is 32.6 Å². The maximum Gasteiger partial charge on any atom is 0.338 e. The van der Waals surface area contributed by atoms with Gasteiger partial charge >= 0.3 is 11.9 Å². The predicted octanol–water partition coefficient (Wildman–Crippen LogP) is 6.03. The molecule has 254 valence electrons. The van der Waals surface area contributed by atoms with Gasteiger partial charge in [0.05, 0.1) is 24.0 Å². The van der Waals surface area contributed by atoms with Crippen LogP contribution in [0.3, 0.4) is 0 Å². The molecule has 4 aromatic rings. The van der Waals surface area contributed by atoms with E-state index in [1.165, 1.54) is 6.07 Å². The van der Waals surface area contributed by atoms with Crippen LogP contribution in [0.25, 0.3) is 5.65 Å². The summed E-state index contributed by atoms with van der Waals surface area (Å²) in [5.74, 6) is -3.28. The molecule has 1 aliphatic carbocycles. The van der Waals surface area contributed by atoms with Crippen molar-refractivity contribution in [3.63, 3.8) is 0 Å². The third-order valence-electron chi connectivity index (χ3n) is 7.94. The molecule has 0 saturated heterocycles. The van der Waals surface area contributed by atoms with E-state index in [4.69, 9.17) is 9.47 Å². The van der Waals surface area contributed by atoms with Crippen molar-refractivity contribution in [3.05, 3.63) is 99.5 Å². The summed E-state index contributed by atoms with van der Waals surface area (Å²) in [6.45, 7) is 13.0. The number of benzene rings is 2. The summed E-state index contributed by atoms with van der Waals surface area (Å²) >= 11 is 0. The monoisotopic (exact) mass is 661 g/mol. The van der Waals surface area contributed by atoms with Gasteiger partial charge in [0.15, 0.2) is 17.3 Å². The zero-order valence-corrected chi connectivity index (χ0v) is 28.3. The third kappa shape index (κ3) is 8.04. The van der Waals surface area contributed by atoms with E-state index in [-0.39, 0.29) is 37.3 Å². The summed E-state index contributed by atoms with van der Waals surface area (Å²) < 4.78 is 40.0. The van der Waals surface area contributed by atoms with Gasteiger partial charge in [-0.15, -0.1) is 0 Å². The second kappa shape index (κ2) is 13.4. The molecule has 0 fully saturated rings. The van der Waals surface area contributed by atoms with Gasteiger partial charge in [-0.2, -0.15) is 5.10 Å². The van der Waals surface area contributed by atoms with Gasteiger partial charge in [0, 0.05) is 25.2 Å². The van der Waals surface area contributed by atoms with Crippen LogP contribution in [0.15, 0.2) is 48.7 Å². The average molecular weight is 662 g/mol. The number of hydrogen-bond donors (Lipinski definition) is 1. The minimum atomic E-state index is -1.00. The Hall–Kier alpha value is -4.71. The van der Waals surface area contributed by atoms with Gasteiger partial charge in [0.1, 0.15) is 16.9 Å². The van der Waals surface area contributed by atoms with Gasteiger partial charge in [0.2, 0.25) is 0 Å². The van der Waals surface area contributed by atoms with Crippen LogP contribution in [-0.2, 0) is 33.8 Å². The number of esters is 2. The maximum absolute atomic E-state index is 13.7. The molecule has 0 bridgehead atoms. The zero-order valence-electron chi connectivity index (χ0n) is 28.3. The Bertz CT molecular complexity index is 1880. The number of ether oxygens (including phenoxy) is 2. The smallest absolute Gasteiger partial charge is 0.338 e. The lowest BCUT2D eigenvalue weighted by Gasteiger charge is -2.30. The van der Waals surface area contributed by atoms with Crippen LogP contribution >= 0.6 is 0 Å². The van der Waals surface area contributed by atoms with E-state index in [0.717, 1.165) is 28.8 Å². The van der Waals surface area contributed by atoms with Gasteiger partial charge in [-0.25, -0.2) is 23.1 Å². The minimum Gasteiger partial charge on any atom is -0.459 e.